The number of carbonyl (C=O) groups is 1. The van der Waals surface area contributed by atoms with E-state index in [4.69, 9.17) is 9.26 Å². The Bertz CT molecular complexity index is 1020. The van der Waals surface area contributed by atoms with E-state index in [2.05, 4.69) is 15.6 Å². The summed E-state index contributed by atoms with van der Waals surface area (Å²) in [7, 11) is 1.59. The fourth-order valence-corrected chi connectivity index (χ4v) is 2.75. The zero-order valence-corrected chi connectivity index (χ0v) is 15.8. The van der Waals surface area contributed by atoms with Gasteiger partial charge in [-0.15, -0.1) is 0 Å². The van der Waals surface area contributed by atoms with Crippen molar-refractivity contribution in [3.05, 3.63) is 40.4 Å². The minimum Gasteiger partial charge on any atom is -0.497 e. The average molecular weight is 370 g/mol. The quantitative estimate of drug-likeness (QED) is 0.715. The molecule has 1 amide bonds. The molecule has 2 aromatic heterocycles. The number of nitrogens with zero attached hydrogens (tertiary/aromatic N) is 3. The Labute approximate surface area is 156 Å². The lowest BCUT2D eigenvalue weighted by Crippen LogP contribution is -2.38. The van der Waals surface area contributed by atoms with Gasteiger partial charge < -0.3 is 14.6 Å². The molecule has 3 rings (SSSR count). The van der Waals surface area contributed by atoms with Crippen molar-refractivity contribution in [3.8, 4) is 17.0 Å². The molecule has 1 unspecified atom stereocenters. The van der Waals surface area contributed by atoms with Crippen molar-refractivity contribution in [2.24, 2.45) is 0 Å². The van der Waals surface area contributed by atoms with Gasteiger partial charge in [-0.3, -0.25) is 9.59 Å². The molecular weight excluding hydrogens is 348 g/mol. The third kappa shape index (κ3) is 3.69. The lowest BCUT2D eigenvalue weighted by atomic mass is 10.1. The lowest BCUT2D eigenvalue weighted by molar-refractivity contribution is -0.122. The maximum Gasteiger partial charge on any atom is 0.297 e. The van der Waals surface area contributed by atoms with E-state index in [9.17, 15) is 9.59 Å². The number of carbonyl (C=O) groups excluding carboxylic acids is 1. The summed E-state index contributed by atoms with van der Waals surface area (Å²) in [5, 5.41) is 11.7. The third-order valence-electron chi connectivity index (χ3n) is 4.43. The van der Waals surface area contributed by atoms with E-state index >= 15 is 0 Å². The van der Waals surface area contributed by atoms with Gasteiger partial charge in [0.15, 0.2) is 5.52 Å². The van der Waals surface area contributed by atoms with Gasteiger partial charge in [0.2, 0.25) is 5.91 Å². The first kappa shape index (κ1) is 18.6. The SMILES string of the molecule is CCC(C)NC(=O)Cn1nc(-c2ccc(OC)cc2)c2c(C)onc2c1=O. The molecule has 0 saturated heterocycles. The van der Waals surface area contributed by atoms with Crippen molar-refractivity contribution in [3.63, 3.8) is 0 Å². The van der Waals surface area contributed by atoms with Crippen LogP contribution in [0.2, 0.25) is 0 Å². The fraction of sp³-hybridized carbons (Fsp3) is 0.368. The molecule has 0 aliphatic rings. The second-order valence-corrected chi connectivity index (χ2v) is 6.38. The fourth-order valence-electron chi connectivity index (χ4n) is 2.75. The number of benzene rings is 1. The maximum absolute atomic E-state index is 12.7. The van der Waals surface area contributed by atoms with Crippen molar-refractivity contribution in [2.75, 3.05) is 7.11 Å². The number of ether oxygens (including phenoxy) is 1. The Morgan fingerprint density at radius 2 is 2.04 bits per heavy atom. The van der Waals surface area contributed by atoms with Gasteiger partial charge in [0.05, 0.1) is 12.5 Å². The lowest BCUT2D eigenvalue weighted by Gasteiger charge is -2.13. The van der Waals surface area contributed by atoms with Crippen LogP contribution in [-0.4, -0.2) is 34.0 Å². The van der Waals surface area contributed by atoms with Crippen LogP contribution >= 0.6 is 0 Å². The van der Waals surface area contributed by atoms with Crippen LogP contribution in [0.3, 0.4) is 0 Å². The van der Waals surface area contributed by atoms with Crippen LogP contribution in [-0.2, 0) is 11.3 Å². The normalized spacial score (nSPS) is 12.1. The van der Waals surface area contributed by atoms with Gasteiger partial charge in [-0.1, -0.05) is 12.1 Å². The molecule has 0 spiro atoms. The molecule has 8 heteroatoms. The summed E-state index contributed by atoms with van der Waals surface area (Å²) in [6.45, 7) is 5.42. The van der Waals surface area contributed by atoms with E-state index in [1.165, 1.54) is 0 Å². The molecule has 142 valence electrons. The highest BCUT2D eigenvalue weighted by atomic mass is 16.5. The number of hydrogen-bond donors (Lipinski definition) is 1. The first-order valence-electron chi connectivity index (χ1n) is 8.75. The summed E-state index contributed by atoms with van der Waals surface area (Å²) in [5.74, 6) is 0.925. The minimum atomic E-state index is -0.460. The average Bonchev–Trinajstić information content (AvgIpc) is 3.06. The predicted molar refractivity (Wildman–Crippen MR) is 101 cm³/mol. The molecule has 0 bridgehead atoms. The molecular formula is C19H22N4O4. The Hall–Kier alpha value is -3.16. The highest BCUT2D eigenvalue weighted by Gasteiger charge is 2.20. The van der Waals surface area contributed by atoms with E-state index in [1.54, 1.807) is 26.2 Å². The van der Waals surface area contributed by atoms with Crippen LogP contribution < -0.4 is 15.6 Å². The number of fused-ring (bicyclic) bond motifs is 1. The van der Waals surface area contributed by atoms with Crippen LogP contribution in [0.1, 0.15) is 26.0 Å². The first-order valence-corrected chi connectivity index (χ1v) is 8.75. The van der Waals surface area contributed by atoms with Crippen LogP contribution in [0.5, 0.6) is 5.75 Å². The number of methoxy groups -OCH3 is 1. The standard InChI is InChI=1S/C19H22N4O4/c1-5-11(2)20-15(24)10-23-19(25)18-16(12(3)27-22-18)17(21-23)13-6-8-14(26-4)9-7-13/h6-9,11H,5,10H2,1-4H3,(H,20,24). The van der Waals surface area contributed by atoms with Gasteiger partial charge in [-0.25, -0.2) is 4.68 Å². The number of nitrogens with one attached hydrogen (secondary N) is 1. The Morgan fingerprint density at radius 3 is 2.67 bits per heavy atom. The molecule has 1 aromatic carbocycles. The minimum absolute atomic E-state index is 0.0206. The molecule has 3 aromatic rings. The largest absolute Gasteiger partial charge is 0.497 e. The first-order chi connectivity index (χ1) is 12.9. The van der Waals surface area contributed by atoms with E-state index in [-0.39, 0.29) is 24.0 Å². The molecule has 1 N–H and O–H groups in total. The topological polar surface area (TPSA) is 99.2 Å². The highest BCUT2D eigenvalue weighted by molar-refractivity contribution is 5.93. The van der Waals surface area contributed by atoms with Gasteiger partial charge >= 0.3 is 0 Å². The molecule has 0 radical (unpaired) electrons. The van der Waals surface area contributed by atoms with Crippen LogP contribution in [0.15, 0.2) is 33.6 Å². The third-order valence-corrected chi connectivity index (χ3v) is 4.43. The van der Waals surface area contributed by atoms with E-state index in [0.717, 1.165) is 16.7 Å². The van der Waals surface area contributed by atoms with E-state index in [0.29, 0.717) is 22.6 Å². The van der Waals surface area contributed by atoms with Crippen molar-refractivity contribution in [2.45, 2.75) is 39.8 Å². The number of amides is 1. The van der Waals surface area contributed by atoms with Gasteiger partial charge in [0, 0.05) is 11.6 Å². The van der Waals surface area contributed by atoms with E-state index < -0.39 is 5.56 Å². The summed E-state index contributed by atoms with van der Waals surface area (Å²) in [6, 6.07) is 7.29. The van der Waals surface area contributed by atoms with E-state index in [1.807, 2.05) is 26.0 Å². The van der Waals surface area contributed by atoms with Gasteiger partial charge in [-0.2, -0.15) is 5.10 Å². The molecule has 2 heterocycles. The zero-order valence-electron chi connectivity index (χ0n) is 15.8. The zero-order chi connectivity index (χ0) is 19.6. The van der Waals surface area contributed by atoms with Crippen LogP contribution in [0, 0.1) is 6.92 Å². The molecule has 0 aliphatic carbocycles. The molecule has 1 atom stereocenters. The van der Waals surface area contributed by atoms with Crippen molar-refractivity contribution in [1.29, 1.82) is 0 Å². The Kier molecular flexibility index (Phi) is 5.25. The summed E-state index contributed by atoms with van der Waals surface area (Å²) in [5.41, 5.74) is 0.994. The maximum atomic E-state index is 12.7. The number of rotatable bonds is 6. The second-order valence-electron chi connectivity index (χ2n) is 6.38. The summed E-state index contributed by atoms with van der Waals surface area (Å²) in [6.07, 6.45) is 0.798. The van der Waals surface area contributed by atoms with Crippen molar-refractivity contribution >= 4 is 16.8 Å². The monoisotopic (exact) mass is 370 g/mol. The molecule has 0 saturated carbocycles. The highest BCUT2D eigenvalue weighted by Crippen LogP contribution is 2.28. The van der Waals surface area contributed by atoms with Gasteiger partial charge in [0.25, 0.3) is 5.56 Å². The van der Waals surface area contributed by atoms with Crippen LogP contribution in [0.4, 0.5) is 0 Å². The smallest absolute Gasteiger partial charge is 0.297 e. The number of aryl methyl sites for hydroxylation is 1. The molecule has 8 nitrogen and oxygen atoms in total. The molecule has 0 aliphatic heterocycles. The number of aromatic nitrogens is 3. The van der Waals surface area contributed by atoms with Crippen molar-refractivity contribution < 1.29 is 14.1 Å². The second kappa shape index (κ2) is 7.61. The van der Waals surface area contributed by atoms with Crippen LogP contribution in [0.25, 0.3) is 22.2 Å². The predicted octanol–water partition coefficient (Wildman–Crippen LogP) is 2.28. The van der Waals surface area contributed by atoms with Gasteiger partial charge in [0.1, 0.15) is 23.7 Å². The summed E-state index contributed by atoms with van der Waals surface area (Å²) < 4.78 is 11.5. The summed E-state index contributed by atoms with van der Waals surface area (Å²) >= 11 is 0. The molecule has 27 heavy (non-hydrogen) atoms. The summed E-state index contributed by atoms with van der Waals surface area (Å²) in [4.78, 5) is 24.9. The van der Waals surface area contributed by atoms with Crippen molar-refractivity contribution in [1.82, 2.24) is 20.3 Å². The Balaban J connectivity index is 2.09. The molecule has 0 fully saturated rings. The van der Waals surface area contributed by atoms with Gasteiger partial charge in [-0.05, 0) is 44.5 Å². The number of hydrogen-bond acceptors (Lipinski definition) is 6. The Morgan fingerprint density at radius 1 is 1.33 bits per heavy atom.